The van der Waals surface area contributed by atoms with Crippen molar-refractivity contribution >= 4 is 16.6 Å². The molecule has 2 saturated heterocycles. The Balaban J connectivity index is 1.15. The number of aromatic nitrogens is 4. The molecule has 4 aromatic rings. The van der Waals surface area contributed by atoms with Crippen LogP contribution in [0.15, 0.2) is 55.0 Å². The number of fused-ring (bicyclic) bond motifs is 1. The quantitative estimate of drug-likeness (QED) is 0.408. The Morgan fingerprint density at radius 2 is 1.94 bits per heavy atom. The Kier molecular flexibility index (Phi) is 5.51. The molecular formula is C27H31N7. The Labute approximate surface area is 200 Å². The molecule has 0 amide bonds. The van der Waals surface area contributed by atoms with E-state index in [0.29, 0.717) is 5.41 Å². The lowest BCUT2D eigenvalue weighted by Gasteiger charge is -2.48. The van der Waals surface area contributed by atoms with Gasteiger partial charge >= 0.3 is 0 Å². The fourth-order valence-electron chi connectivity index (χ4n) is 5.21. The van der Waals surface area contributed by atoms with Gasteiger partial charge in [-0.1, -0.05) is 12.1 Å². The lowest BCUT2D eigenvalue weighted by Crippen LogP contribution is -2.58. The number of anilines is 1. The third-order valence-electron chi connectivity index (χ3n) is 7.41. The van der Waals surface area contributed by atoms with E-state index >= 15 is 0 Å². The highest BCUT2D eigenvalue weighted by molar-refractivity contribution is 5.88. The molecule has 5 heterocycles. The molecule has 2 aliphatic rings. The minimum Gasteiger partial charge on any atom is -0.382 e. The average molecular weight is 454 g/mol. The van der Waals surface area contributed by atoms with Gasteiger partial charge in [0.15, 0.2) is 0 Å². The third-order valence-corrected chi connectivity index (χ3v) is 7.41. The summed E-state index contributed by atoms with van der Waals surface area (Å²) in [5.41, 5.74) is 7.43. The molecule has 3 aromatic heterocycles. The van der Waals surface area contributed by atoms with Crippen molar-refractivity contribution in [3.05, 3.63) is 60.7 Å². The van der Waals surface area contributed by atoms with Crippen molar-refractivity contribution in [2.24, 2.45) is 5.41 Å². The van der Waals surface area contributed by atoms with E-state index < -0.39 is 0 Å². The highest BCUT2D eigenvalue weighted by Gasteiger charge is 2.39. The summed E-state index contributed by atoms with van der Waals surface area (Å²) < 4.78 is 0. The van der Waals surface area contributed by atoms with Crippen molar-refractivity contribution in [1.29, 1.82) is 0 Å². The first-order chi connectivity index (χ1) is 16.7. The highest BCUT2D eigenvalue weighted by atomic mass is 15.2. The zero-order valence-corrected chi connectivity index (χ0v) is 19.6. The smallest absolute Gasteiger partial charge is 0.0977 e. The molecule has 0 unspecified atom stereocenters. The number of H-pyrrole nitrogens is 1. The number of hydrogen-bond acceptors (Lipinski definition) is 6. The van der Waals surface area contributed by atoms with Crippen molar-refractivity contribution < 1.29 is 0 Å². The van der Waals surface area contributed by atoms with Gasteiger partial charge in [-0.3, -0.25) is 9.97 Å². The number of likely N-dealkylation sites (tertiary alicyclic amines) is 1. The first kappa shape index (κ1) is 21.3. The van der Waals surface area contributed by atoms with Crippen LogP contribution >= 0.6 is 0 Å². The molecule has 174 valence electrons. The highest BCUT2D eigenvalue weighted by Crippen LogP contribution is 2.35. The number of nitrogens with zero attached hydrogens (tertiary/aromatic N) is 4. The topological polar surface area (TPSA) is 81.8 Å². The average Bonchev–Trinajstić information content (AvgIpc) is 3.33. The van der Waals surface area contributed by atoms with Gasteiger partial charge in [0.1, 0.15) is 0 Å². The monoisotopic (exact) mass is 453 g/mol. The predicted molar refractivity (Wildman–Crippen MR) is 137 cm³/mol. The fourth-order valence-corrected chi connectivity index (χ4v) is 5.21. The molecule has 7 nitrogen and oxygen atoms in total. The van der Waals surface area contributed by atoms with Gasteiger partial charge in [0.2, 0.25) is 0 Å². The lowest BCUT2D eigenvalue weighted by atomic mass is 9.73. The number of aromatic amines is 1. The number of benzene rings is 1. The lowest BCUT2D eigenvalue weighted by molar-refractivity contribution is 0.0573. The summed E-state index contributed by atoms with van der Waals surface area (Å²) in [4.78, 5) is 19.8. The fraction of sp³-hybridized carbons (Fsp3) is 0.370. The second-order valence-corrected chi connectivity index (χ2v) is 9.79. The Morgan fingerprint density at radius 3 is 2.74 bits per heavy atom. The SMILES string of the molecule is Cc1cccc(-c2[nH]cnc2-c2ccc3ncc(NCCN4CCC5(CC4)CNC5)cc3c2)n1. The van der Waals surface area contributed by atoms with E-state index in [-0.39, 0.29) is 0 Å². The van der Waals surface area contributed by atoms with Crippen LogP contribution in [-0.2, 0) is 0 Å². The molecule has 1 aromatic carbocycles. The van der Waals surface area contributed by atoms with Gasteiger partial charge < -0.3 is 20.5 Å². The zero-order chi connectivity index (χ0) is 23.0. The summed E-state index contributed by atoms with van der Waals surface area (Å²) in [7, 11) is 0. The van der Waals surface area contributed by atoms with Crippen LogP contribution in [0, 0.1) is 12.3 Å². The summed E-state index contributed by atoms with van der Waals surface area (Å²) in [5.74, 6) is 0. The Hall–Kier alpha value is -3.29. The van der Waals surface area contributed by atoms with Gasteiger partial charge in [-0.15, -0.1) is 0 Å². The van der Waals surface area contributed by atoms with Crippen LogP contribution in [0.4, 0.5) is 5.69 Å². The molecule has 2 aliphatic heterocycles. The predicted octanol–water partition coefficient (Wildman–Crippen LogP) is 4.09. The molecular weight excluding hydrogens is 422 g/mol. The molecule has 0 atom stereocenters. The van der Waals surface area contributed by atoms with E-state index in [9.17, 15) is 0 Å². The van der Waals surface area contributed by atoms with Crippen LogP contribution in [0.2, 0.25) is 0 Å². The summed E-state index contributed by atoms with van der Waals surface area (Å²) in [6.07, 6.45) is 6.32. The standard InChI is InChI=1S/C27H31N7/c1-19-3-2-4-24(33-19)26-25(31-18-32-26)20-5-6-23-21(13-20)14-22(15-30-23)29-9-12-34-10-7-27(8-11-34)16-28-17-27/h2-6,13-15,18,28-29H,7-12,16-17H2,1H3,(H,31,32). The van der Waals surface area contributed by atoms with Crippen LogP contribution < -0.4 is 10.6 Å². The number of pyridine rings is 2. The van der Waals surface area contributed by atoms with Gasteiger partial charge in [0.05, 0.1) is 40.8 Å². The van der Waals surface area contributed by atoms with E-state index in [2.05, 4.69) is 59.7 Å². The second-order valence-electron chi connectivity index (χ2n) is 9.79. The van der Waals surface area contributed by atoms with E-state index in [1.807, 2.05) is 31.3 Å². The van der Waals surface area contributed by atoms with Crippen LogP contribution in [0.5, 0.6) is 0 Å². The minimum absolute atomic E-state index is 0.605. The minimum atomic E-state index is 0.605. The molecule has 0 aliphatic carbocycles. The number of hydrogen-bond donors (Lipinski definition) is 3. The molecule has 7 heteroatoms. The maximum absolute atomic E-state index is 4.68. The number of imidazole rings is 1. The molecule has 1 spiro atoms. The summed E-state index contributed by atoms with van der Waals surface area (Å²) >= 11 is 0. The van der Waals surface area contributed by atoms with Crippen molar-refractivity contribution in [2.45, 2.75) is 19.8 Å². The zero-order valence-electron chi connectivity index (χ0n) is 19.6. The molecule has 0 saturated carbocycles. The number of piperidine rings is 1. The Bertz CT molecular complexity index is 1300. The van der Waals surface area contributed by atoms with E-state index in [1.54, 1.807) is 6.33 Å². The molecule has 34 heavy (non-hydrogen) atoms. The van der Waals surface area contributed by atoms with Crippen LogP contribution in [0.25, 0.3) is 33.5 Å². The van der Waals surface area contributed by atoms with Crippen molar-refractivity contribution in [3.63, 3.8) is 0 Å². The van der Waals surface area contributed by atoms with Crippen LogP contribution in [-0.4, -0.2) is 64.1 Å². The third kappa shape index (κ3) is 4.17. The normalized spacial score (nSPS) is 17.7. The number of aryl methyl sites for hydroxylation is 1. The van der Waals surface area contributed by atoms with Crippen LogP contribution in [0.3, 0.4) is 0 Å². The first-order valence-corrected chi connectivity index (χ1v) is 12.2. The largest absolute Gasteiger partial charge is 0.382 e. The van der Waals surface area contributed by atoms with Gasteiger partial charge in [0, 0.05) is 42.8 Å². The maximum atomic E-state index is 4.68. The van der Waals surface area contributed by atoms with Crippen molar-refractivity contribution in [2.75, 3.05) is 44.6 Å². The summed E-state index contributed by atoms with van der Waals surface area (Å²) in [6.45, 7) is 8.86. The molecule has 3 N–H and O–H groups in total. The molecule has 0 radical (unpaired) electrons. The molecule has 2 fully saturated rings. The maximum Gasteiger partial charge on any atom is 0.0977 e. The van der Waals surface area contributed by atoms with Crippen molar-refractivity contribution in [3.8, 4) is 22.6 Å². The van der Waals surface area contributed by atoms with Gasteiger partial charge in [-0.2, -0.15) is 0 Å². The first-order valence-electron chi connectivity index (χ1n) is 12.2. The number of rotatable bonds is 6. The van der Waals surface area contributed by atoms with Gasteiger partial charge in [-0.25, -0.2) is 4.98 Å². The van der Waals surface area contributed by atoms with Crippen molar-refractivity contribution in [1.82, 2.24) is 30.2 Å². The van der Waals surface area contributed by atoms with Crippen LogP contribution in [0.1, 0.15) is 18.5 Å². The summed E-state index contributed by atoms with van der Waals surface area (Å²) in [5, 5.41) is 8.13. The van der Waals surface area contributed by atoms with Gasteiger partial charge in [0.25, 0.3) is 0 Å². The summed E-state index contributed by atoms with van der Waals surface area (Å²) in [6, 6.07) is 14.5. The number of nitrogens with one attached hydrogen (secondary N) is 3. The van der Waals surface area contributed by atoms with Gasteiger partial charge in [-0.05, 0) is 68.6 Å². The van der Waals surface area contributed by atoms with E-state index in [4.69, 9.17) is 0 Å². The van der Waals surface area contributed by atoms with E-state index in [0.717, 1.165) is 58.0 Å². The molecule has 0 bridgehead atoms. The molecule has 6 rings (SSSR count). The van der Waals surface area contributed by atoms with E-state index in [1.165, 1.54) is 39.0 Å². The Morgan fingerprint density at radius 1 is 1.06 bits per heavy atom. The second kappa shape index (κ2) is 8.81.